The van der Waals surface area contributed by atoms with Crippen LogP contribution in [0.25, 0.3) is 0 Å². The largest absolute Gasteiger partial charge is 0.505 e. The van der Waals surface area contributed by atoms with Gasteiger partial charge in [0.1, 0.15) is 0 Å². The van der Waals surface area contributed by atoms with E-state index in [0.717, 1.165) is 4.57 Å². The molecular weight excluding hydrogens is 467 g/mol. The minimum absolute atomic E-state index is 0.100. The molecule has 2 aliphatic heterocycles. The van der Waals surface area contributed by atoms with Crippen molar-refractivity contribution >= 4 is 17.5 Å². The highest BCUT2D eigenvalue weighted by Crippen LogP contribution is 2.61. The molecule has 1 saturated heterocycles. The van der Waals surface area contributed by atoms with Crippen molar-refractivity contribution in [1.29, 1.82) is 0 Å². The number of aromatic nitrogens is 3. The fourth-order valence-electron chi connectivity index (χ4n) is 6.29. The quantitative estimate of drug-likeness (QED) is 0.437. The molecule has 36 heavy (non-hydrogen) atoms. The second-order valence-corrected chi connectivity index (χ2v) is 9.80. The Balaban J connectivity index is 1.60. The molecule has 3 heterocycles. The Bertz CT molecular complexity index is 1600. The van der Waals surface area contributed by atoms with Crippen LogP contribution in [-0.2, 0) is 23.2 Å². The number of fused-ring (bicyclic) bond motifs is 4. The number of phenolic OH excluding ortho intramolecular Hbond substituents is 1. The molecule has 4 atom stereocenters. The van der Waals surface area contributed by atoms with Gasteiger partial charge in [-0.3, -0.25) is 9.59 Å². The zero-order valence-corrected chi connectivity index (χ0v) is 19.6. The molecule has 3 aromatic rings. The fraction of sp³-hybridized carbons (Fsp3) is 0.308. The summed E-state index contributed by atoms with van der Waals surface area (Å²) in [6.45, 7) is 1.81. The van der Waals surface area contributed by atoms with Crippen LogP contribution in [0.1, 0.15) is 30.9 Å². The molecule has 2 aromatic carbocycles. The highest BCUT2D eigenvalue weighted by atomic mass is 19.1. The predicted octanol–water partition coefficient (Wildman–Crippen LogP) is 2.06. The van der Waals surface area contributed by atoms with Crippen LogP contribution in [0.2, 0.25) is 0 Å². The average Bonchev–Trinajstić information content (AvgIpc) is 3.21. The number of benzene rings is 2. The lowest BCUT2D eigenvalue weighted by Gasteiger charge is -2.47. The molecule has 0 spiro atoms. The van der Waals surface area contributed by atoms with Gasteiger partial charge in [0.25, 0.3) is 0 Å². The standard InChI is InChI=1S/C26H23FN4O5/c1-26-17(22(33)30(23(26)34)15-6-4-3-5-7-15)13-19-16(21(26)14-8-9-20(32)18(27)12-14)10-11-29-24(35)28(2)25(36)31(19)29/h3-10,12,17,19,21,32H,11,13H2,1-2H3/t17-,19+,21-,26+/m0/s1. The van der Waals surface area contributed by atoms with Crippen LogP contribution in [0.3, 0.4) is 0 Å². The molecule has 6 rings (SSSR count). The van der Waals surface area contributed by atoms with Gasteiger partial charge in [0, 0.05) is 13.0 Å². The first-order valence-electron chi connectivity index (χ1n) is 11.7. The molecule has 2 amide bonds. The number of anilines is 1. The summed E-state index contributed by atoms with van der Waals surface area (Å²) in [4.78, 5) is 54.8. The number of allylic oxidation sites excluding steroid dienone is 2. The van der Waals surface area contributed by atoms with Crippen LogP contribution in [0, 0.1) is 17.2 Å². The van der Waals surface area contributed by atoms with E-state index in [-0.39, 0.29) is 13.0 Å². The molecule has 1 N–H and O–H groups in total. The summed E-state index contributed by atoms with van der Waals surface area (Å²) in [6, 6.07) is 11.9. The fourth-order valence-corrected chi connectivity index (χ4v) is 6.29. The number of imide groups is 1. The minimum Gasteiger partial charge on any atom is -0.505 e. The number of phenols is 1. The maximum atomic E-state index is 14.6. The Kier molecular flexibility index (Phi) is 4.57. The number of carbonyl (C=O) groups excluding carboxylic acids is 2. The third-order valence-electron chi connectivity index (χ3n) is 8.05. The maximum Gasteiger partial charge on any atom is 0.347 e. The first kappa shape index (κ1) is 22.3. The van der Waals surface area contributed by atoms with Crippen molar-refractivity contribution in [2.45, 2.75) is 31.8 Å². The van der Waals surface area contributed by atoms with Crippen molar-refractivity contribution in [3.05, 3.63) is 92.5 Å². The van der Waals surface area contributed by atoms with Crippen molar-refractivity contribution in [3.8, 4) is 5.75 Å². The lowest BCUT2D eigenvalue weighted by Crippen LogP contribution is -2.49. The van der Waals surface area contributed by atoms with Gasteiger partial charge >= 0.3 is 11.4 Å². The van der Waals surface area contributed by atoms with Gasteiger partial charge in [-0.2, -0.15) is 0 Å². The van der Waals surface area contributed by atoms with Crippen molar-refractivity contribution in [2.24, 2.45) is 18.4 Å². The van der Waals surface area contributed by atoms with Gasteiger partial charge in [-0.05, 0) is 48.7 Å². The Hall–Kier alpha value is -4.21. The highest BCUT2D eigenvalue weighted by molar-refractivity contribution is 6.24. The molecule has 2 fully saturated rings. The van der Waals surface area contributed by atoms with Gasteiger partial charge < -0.3 is 5.11 Å². The lowest BCUT2D eigenvalue weighted by atomic mass is 9.56. The van der Waals surface area contributed by atoms with Crippen LogP contribution >= 0.6 is 0 Å². The number of hydrogen-bond acceptors (Lipinski definition) is 5. The third kappa shape index (κ3) is 2.69. The molecule has 1 aromatic heterocycles. The topological polar surface area (TPSA) is 107 Å². The predicted molar refractivity (Wildman–Crippen MR) is 127 cm³/mol. The zero-order chi connectivity index (χ0) is 25.5. The Morgan fingerprint density at radius 1 is 1.03 bits per heavy atom. The lowest BCUT2D eigenvalue weighted by molar-refractivity contribution is -0.129. The van der Waals surface area contributed by atoms with Crippen molar-refractivity contribution in [1.82, 2.24) is 13.9 Å². The van der Waals surface area contributed by atoms with E-state index in [9.17, 15) is 28.7 Å². The Labute approximate surface area is 204 Å². The van der Waals surface area contributed by atoms with Crippen molar-refractivity contribution in [2.75, 3.05) is 4.90 Å². The number of amides is 2. The van der Waals surface area contributed by atoms with Crippen LogP contribution in [0.4, 0.5) is 10.1 Å². The van der Waals surface area contributed by atoms with E-state index >= 15 is 0 Å². The van der Waals surface area contributed by atoms with E-state index in [4.69, 9.17) is 0 Å². The minimum atomic E-state index is -1.28. The van der Waals surface area contributed by atoms with Gasteiger partial charge in [-0.15, -0.1) is 0 Å². The van der Waals surface area contributed by atoms with Gasteiger partial charge in [0.2, 0.25) is 11.8 Å². The summed E-state index contributed by atoms with van der Waals surface area (Å²) in [6.07, 6.45) is 1.93. The van der Waals surface area contributed by atoms with E-state index < -0.39 is 58.1 Å². The molecule has 3 aliphatic rings. The van der Waals surface area contributed by atoms with E-state index in [1.807, 2.05) is 0 Å². The van der Waals surface area contributed by atoms with E-state index in [2.05, 4.69) is 0 Å². The van der Waals surface area contributed by atoms with Crippen LogP contribution < -0.4 is 16.3 Å². The zero-order valence-electron chi connectivity index (χ0n) is 19.6. The first-order chi connectivity index (χ1) is 17.2. The summed E-state index contributed by atoms with van der Waals surface area (Å²) in [5.74, 6) is -3.79. The monoisotopic (exact) mass is 490 g/mol. The second kappa shape index (κ2) is 7.39. The normalized spacial score (nSPS) is 26.9. The van der Waals surface area contributed by atoms with Gasteiger partial charge in [0.05, 0.1) is 29.6 Å². The smallest absolute Gasteiger partial charge is 0.347 e. The number of rotatable bonds is 2. The highest BCUT2D eigenvalue weighted by Gasteiger charge is 2.65. The summed E-state index contributed by atoms with van der Waals surface area (Å²) in [5.41, 5.74) is -0.765. The Morgan fingerprint density at radius 2 is 1.75 bits per heavy atom. The molecule has 0 unspecified atom stereocenters. The van der Waals surface area contributed by atoms with Gasteiger partial charge in [0.15, 0.2) is 11.6 Å². The van der Waals surface area contributed by atoms with E-state index in [1.165, 1.54) is 39.5 Å². The summed E-state index contributed by atoms with van der Waals surface area (Å²) in [7, 11) is 1.39. The molecule has 1 saturated carbocycles. The SMILES string of the molecule is Cn1c(=O)n2n(c1=O)[C@@H]1C[C@H]3C(=O)N(c4ccccc4)C(=O)[C@@]3(C)[C@@H](c3ccc(O)c(F)c3)C1=CC2. The molecule has 184 valence electrons. The summed E-state index contributed by atoms with van der Waals surface area (Å²) < 4.78 is 18.3. The number of aromatic hydroxyl groups is 1. The summed E-state index contributed by atoms with van der Waals surface area (Å²) >= 11 is 0. The second-order valence-electron chi connectivity index (χ2n) is 9.80. The number of nitrogens with zero attached hydrogens (tertiary/aromatic N) is 4. The molecule has 1 aliphatic carbocycles. The molecule has 9 nitrogen and oxygen atoms in total. The van der Waals surface area contributed by atoms with Gasteiger partial charge in [-0.1, -0.05) is 30.3 Å². The van der Waals surface area contributed by atoms with Gasteiger partial charge in [-0.25, -0.2) is 32.8 Å². The Morgan fingerprint density at radius 3 is 2.44 bits per heavy atom. The molecule has 0 radical (unpaired) electrons. The van der Waals surface area contributed by atoms with Crippen LogP contribution in [0.15, 0.2) is 69.8 Å². The van der Waals surface area contributed by atoms with E-state index in [0.29, 0.717) is 16.8 Å². The van der Waals surface area contributed by atoms with Crippen molar-refractivity contribution in [3.63, 3.8) is 0 Å². The maximum absolute atomic E-state index is 14.6. The van der Waals surface area contributed by atoms with E-state index in [1.54, 1.807) is 43.3 Å². The number of hydrogen-bond donors (Lipinski definition) is 1. The summed E-state index contributed by atoms with van der Waals surface area (Å²) in [5, 5.41) is 9.81. The van der Waals surface area contributed by atoms with Crippen LogP contribution in [-0.4, -0.2) is 30.9 Å². The third-order valence-corrected chi connectivity index (χ3v) is 8.05. The molecule has 10 heteroatoms. The first-order valence-corrected chi connectivity index (χ1v) is 11.7. The number of carbonyl (C=O) groups is 2. The van der Waals surface area contributed by atoms with Crippen molar-refractivity contribution < 1.29 is 19.1 Å². The molecular formula is C26H23FN4O5. The van der Waals surface area contributed by atoms with Crippen LogP contribution in [0.5, 0.6) is 5.75 Å². The number of para-hydroxylation sites is 1. The number of halogens is 1. The molecule has 0 bridgehead atoms. The average molecular weight is 490 g/mol.